The Bertz CT molecular complexity index is 663. The Balaban J connectivity index is 2.02. The third-order valence-electron chi connectivity index (χ3n) is 3.61. The van der Waals surface area contributed by atoms with E-state index >= 15 is 0 Å². The molecule has 0 fully saturated rings. The molecule has 5 nitrogen and oxygen atoms in total. The first-order valence-electron chi connectivity index (χ1n) is 7.16. The van der Waals surface area contributed by atoms with Crippen molar-refractivity contribution < 1.29 is 14.0 Å². The molecule has 1 aromatic heterocycles. The third-order valence-corrected chi connectivity index (χ3v) is 3.61. The number of rotatable bonds is 5. The zero-order chi connectivity index (χ0) is 16.1. The van der Waals surface area contributed by atoms with Crippen LogP contribution in [-0.4, -0.2) is 24.9 Å². The van der Waals surface area contributed by atoms with Crippen LogP contribution in [0.3, 0.4) is 0 Å². The van der Waals surface area contributed by atoms with Crippen LogP contribution in [0.15, 0.2) is 41.0 Å². The summed E-state index contributed by atoms with van der Waals surface area (Å²) in [5, 5.41) is 2.75. The maximum atomic E-state index is 11.9. The molecule has 0 unspecified atom stereocenters. The fourth-order valence-electron chi connectivity index (χ4n) is 2.25. The monoisotopic (exact) mass is 300 g/mol. The lowest BCUT2D eigenvalue weighted by Gasteiger charge is -2.24. The number of anilines is 1. The highest BCUT2D eigenvalue weighted by atomic mass is 16.3. The molecular weight excluding hydrogens is 280 g/mol. The quantitative estimate of drug-likeness (QED) is 0.923. The Kier molecular flexibility index (Phi) is 4.99. The Hall–Kier alpha value is -2.56. The molecule has 0 bridgehead atoms. The lowest BCUT2D eigenvalue weighted by Crippen LogP contribution is -2.37. The van der Waals surface area contributed by atoms with Gasteiger partial charge >= 0.3 is 0 Å². The lowest BCUT2D eigenvalue weighted by molar-refractivity contribution is -0.116. The SMILES string of the molecule is CC(=O)N(CCNC(=O)c1ccco1)c1cccc(C)c1C. The van der Waals surface area contributed by atoms with Gasteiger partial charge in [-0.05, 0) is 43.2 Å². The topological polar surface area (TPSA) is 62.6 Å². The van der Waals surface area contributed by atoms with Crippen molar-refractivity contribution in [3.63, 3.8) is 0 Å². The van der Waals surface area contributed by atoms with Crippen LogP contribution in [0.1, 0.15) is 28.6 Å². The fourth-order valence-corrected chi connectivity index (χ4v) is 2.25. The summed E-state index contributed by atoms with van der Waals surface area (Å²) >= 11 is 0. The second-order valence-corrected chi connectivity index (χ2v) is 5.12. The van der Waals surface area contributed by atoms with Gasteiger partial charge in [-0.2, -0.15) is 0 Å². The van der Waals surface area contributed by atoms with Crippen molar-refractivity contribution in [3.8, 4) is 0 Å². The molecule has 2 amide bonds. The maximum absolute atomic E-state index is 11.9. The van der Waals surface area contributed by atoms with E-state index in [0.29, 0.717) is 13.1 Å². The number of carbonyl (C=O) groups is 2. The second-order valence-electron chi connectivity index (χ2n) is 5.12. The summed E-state index contributed by atoms with van der Waals surface area (Å²) in [6.07, 6.45) is 1.45. The summed E-state index contributed by atoms with van der Waals surface area (Å²) < 4.78 is 5.03. The van der Waals surface area contributed by atoms with Gasteiger partial charge in [0.25, 0.3) is 5.91 Å². The van der Waals surface area contributed by atoms with Gasteiger partial charge in [-0.3, -0.25) is 9.59 Å². The van der Waals surface area contributed by atoms with E-state index < -0.39 is 0 Å². The Morgan fingerprint density at radius 1 is 1.18 bits per heavy atom. The summed E-state index contributed by atoms with van der Waals surface area (Å²) in [4.78, 5) is 25.4. The number of hydrogen-bond donors (Lipinski definition) is 1. The average Bonchev–Trinajstić information content (AvgIpc) is 3.01. The van der Waals surface area contributed by atoms with Crippen LogP contribution in [-0.2, 0) is 4.79 Å². The van der Waals surface area contributed by atoms with Gasteiger partial charge in [0.05, 0.1) is 6.26 Å². The smallest absolute Gasteiger partial charge is 0.287 e. The summed E-state index contributed by atoms with van der Waals surface area (Å²) in [6.45, 7) is 6.28. The van der Waals surface area contributed by atoms with E-state index in [0.717, 1.165) is 16.8 Å². The molecular formula is C17H20N2O3. The van der Waals surface area contributed by atoms with E-state index in [4.69, 9.17) is 4.42 Å². The van der Waals surface area contributed by atoms with Gasteiger partial charge in [0.2, 0.25) is 5.91 Å². The highest BCUT2D eigenvalue weighted by Crippen LogP contribution is 2.22. The number of aryl methyl sites for hydroxylation is 1. The van der Waals surface area contributed by atoms with Gasteiger partial charge < -0.3 is 14.6 Å². The Morgan fingerprint density at radius 3 is 2.59 bits per heavy atom. The number of amides is 2. The first-order chi connectivity index (χ1) is 10.5. The third kappa shape index (κ3) is 3.55. The number of hydrogen-bond acceptors (Lipinski definition) is 3. The number of nitrogens with zero attached hydrogens (tertiary/aromatic N) is 1. The van der Waals surface area contributed by atoms with Crippen molar-refractivity contribution in [2.45, 2.75) is 20.8 Å². The van der Waals surface area contributed by atoms with Crippen LogP contribution in [0.25, 0.3) is 0 Å². The van der Waals surface area contributed by atoms with Gasteiger partial charge in [-0.25, -0.2) is 0 Å². The zero-order valence-corrected chi connectivity index (χ0v) is 13.1. The number of carbonyl (C=O) groups excluding carboxylic acids is 2. The molecule has 5 heteroatoms. The number of benzene rings is 1. The van der Waals surface area contributed by atoms with Crippen molar-refractivity contribution in [1.29, 1.82) is 0 Å². The summed E-state index contributed by atoms with van der Waals surface area (Å²) in [7, 11) is 0. The molecule has 0 radical (unpaired) electrons. The van der Waals surface area contributed by atoms with Crippen LogP contribution < -0.4 is 10.2 Å². The molecule has 0 aliphatic carbocycles. The molecule has 1 N–H and O–H groups in total. The van der Waals surface area contributed by atoms with E-state index in [1.165, 1.54) is 13.2 Å². The van der Waals surface area contributed by atoms with Crippen LogP contribution >= 0.6 is 0 Å². The summed E-state index contributed by atoms with van der Waals surface area (Å²) in [5.41, 5.74) is 3.07. The maximum Gasteiger partial charge on any atom is 0.287 e. The first kappa shape index (κ1) is 15.8. The van der Waals surface area contributed by atoms with Crippen molar-refractivity contribution in [3.05, 3.63) is 53.5 Å². The summed E-state index contributed by atoms with van der Waals surface area (Å²) in [5.74, 6) is -0.0727. The van der Waals surface area contributed by atoms with E-state index in [2.05, 4.69) is 5.32 Å². The van der Waals surface area contributed by atoms with Crippen LogP contribution in [0.5, 0.6) is 0 Å². The molecule has 0 aliphatic rings. The highest BCUT2D eigenvalue weighted by molar-refractivity contribution is 5.93. The number of nitrogens with one attached hydrogen (secondary N) is 1. The van der Waals surface area contributed by atoms with Gasteiger partial charge in [-0.15, -0.1) is 0 Å². The van der Waals surface area contributed by atoms with E-state index in [1.807, 2.05) is 32.0 Å². The van der Waals surface area contributed by atoms with Crippen molar-refractivity contribution >= 4 is 17.5 Å². The molecule has 0 saturated heterocycles. The lowest BCUT2D eigenvalue weighted by atomic mass is 10.1. The Morgan fingerprint density at radius 2 is 1.95 bits per heavy atom. The molecule has 0 spiro atoms. The molecule has 2 rings (SSSR count). The minimum Gasteiger partial charge on any atom is -0.459 e. The minimum absolute atomic E-state index is 0.0547. The first-order valence-corrected chi connectivity index (χ1v) is 7.16. The molecule has 1 heterocycles. The number of furan rings is 1. The Labute approximate surface area is 129 Å². The molecule has 116 valence electrons. The normalized spacial score (nSPS) is 10.3. The van der Waals surface area contributed by atoms with Crippen molar-refractivity contribution in [2.24, 2.45) is 0 Å². The highest BCUT2D eigenvalue weighted by Gasteiger charge is 2.15. The van der Waals surface area contributed by atoms with E-state index in [9.17, 15) is 9.59 Å². The fraction of sp³-hybridized carbons (Fsp3) is 0.294. The molecule has 1 aromatic carbocycles. The standard InChI is InChI=1S/C17H20N2O3/c1-12-6-4-7-15(13(12)2)19(14(3)20)10-9-18-17(21)16-8-5-11-22-16/h4-8,11H,9-10H2,1-3H3,(H,18,21). The molecule has 22 heavy (non-hydrogen) atoms. The van der Waals surface area contributed by atoms with Crippen molar-refractivity contribution in [1.82, 2.24) is 5.32 Å². The van der Waals surface area contributed by atoms with E-state index in [-0.39, 0.29) is 17.6 Å². The van der Waals surface area contributed by atoms with Crippen molar-refractivity contribution in [2.75, 3.05) is 18.0 Å². The van der Waals surface area contributed by atoms with Gasteiger partial charge in [0, 0.05) is 25.7 Å². The summed E-state index contributed by atoms with van der Waals surface area (Å²) in [6, 6.07) is 9.11. The van der Waals surface area contributed by atoms with Gasteiger partial charge in [-0.1, -0.05) is 12.1 Å². The van der Waals surface area contributed by atoms with Crippen LogP contribution in [0, 0.1) is 13.8 Å². The minimum atomic E-state index is -0.283. The molecule has 2 aromatic rings. The molecule has 0 aliphatic heterocycles. The largest absolute Gasteiger partial charge is 0.459 e. The van der Waals surface area contributed by atoms with Crippen LogP contribution in [0.2, 0.25) is 0 Å². The average molecular weight is 300 g/mol. The molecule has 0 atom stereocenters. The van der Waals surface area contributed by atoms with E-state index in [1.54, 1.807) is 17.0 Å². The molecule has 0 saturated carbocycles. The predicted octanol–water partition coefficient (Wildman–Crippen LogP) is 2.68. The van der Waals surface area contributed by atoms with Crippen LogP contribution in [0.4, 0.5) is 5.69 Å². The zero-order valence-electron chi connectivity index (χ0n) is 13.1. The second kappa shape index (κ2) is 6.93. The van der Waals surface area contributed by atoms with Gasteiger partial charge in [0.1, 0.15) is 0 Å². The van der Waals surface area contributed by atoms with Gasteiger partial charge in [0.15, 0.2) is 5.76 Å². The predicted molar refractivity (Wildman–Crippen MR) is 85.0 cm³/mol.